The van der Waals surface area contributed by atoms with Crippen LogP contribution in [0.1, 0.15) is 18.5 Å². The SMILES string of the molecule is CSCCNC(=O)Nc1cccc(C(C)N)c1. The van der Waals surface area contributed by atoms with Crippen LogP contribution in [0, 0.1) is 0 Å². The van der Waals surface area contributed by atoms with Crippen molar-refractivity contribution in [2.75, 3.05) is 23.9 Å². The highest BCUT2D eigenvalue weighted by Crippen LogP contribution is 2.15. The molecule has 1 atom stereocenters. The topological polar surface area (TPSA) is 67.2 Å². The number of rotatable bonds is 5. The van der Waals surface area contributed by atoms with Gasteiger partial charge in [-0.2, -0.15) is 11.8 Å². The average Bonchev–Trinajstić information content (AvgIpc) is 2.29. The predicted octanol–water partition coefficient (Wildman–Crippen LogP) is 2.19. The summed E-state index contributed by atoms with van der Waals surface area (Å²) in [7, 11) is 0. The Morgan fingerprint density at radius 1 is 1.53 bits per heavy atom. The molecule has 1 unspecified atom stereocenters. The minimum absolute atomic E-state index is 0.0312. The molecule has 0 fully saturated rings. The molecule has 5 heteroatoms. The van der Waals surface area contributed by atoms with Gasteiger partial charge in [0.1, 0.15) is 0 Å². The van der Waals surface area contributed by atoms with Crippen molar-refractivity contribution in [3.05, 3.63) is 29.8 Å². The fourth-order valence-corrected chi connectivity index (χ4v) is 1.65. The molecule has 1 rings (SSSR count). The van der Waals surface area contributed by atoms with Crippen LogP contribution >= 0.6 is 11.8 Å². The van der Waals surface area contributed by atoms with Crippen molar-refractivity contribution in [2.24, 2.45) is 5.73 Å². The number of nitrogens with two attached hydrogens (primary N) is 1. The zero-order chi connectivity index (χ0) is 12.7. The van der Waals surface area contributed by atoms with Gasteiger partial charge in [0.05, 0.1) is 0 Å². The molecule has 0 saturated carbocycles. The third kappa shape index (κ3) is 5.10. The van der Waals surface area contributed by atoms with Crippen molar-refractivity contribution in [1.29, 1.82) is 0 Å². The Bertz CT molecular complexity index is 369. The quantitative estimate of drug-likeness (QED) is 0.705. The molecule has 0 aromatic heterocycles. The largest absolute Gasteiger partial charge is 0.337 e. The summed E-state index contributed by atoms with van der Waals surface area (Å²) in [5.41, 5.74) is 7.55. The van der Waals surface area contributed by atoms with E-state index in [2.05, 4.69) is 10.6 Å². The summed E-state index contributed by atoms with van der Waals surface area (Å²) in [6.07, 6.45) is 2.01. The van der Waals surface area contributed by atoms with Gasteiger partial charge < -0.3 is 16.4 Å². The van der Waals surface area contributed by atoms with E-state index in [-0.39, 0.29) is 12.1 Å². The van der Waals surface area contributed by atoms with Gasteiger partial charge in [0, 0.05) is 24.0 Å². The first-order chi connectivity index (χ1) is 8.13. The second-order valence-corrected chi connectivity index (χ2v) is 4.77. The summed E-state index contributed by atoms with van der Waals surface area (Å²) < 4.78 is 0. The second kappa shape index (κ2) is 7.19. The van der Waals surface area contributed by atoms with Gasteiger partial charge in [-0.15, -0.1) is 0 Å². The fourth-order valence-electron chi connectivity index (χ4n) is 1.34. The highest BCUT2D eigenvalue weighted by Gasteiger charge is 2.03. The molecule has 0 aliphatic heterocycles. The van der Waals surface area contributed by atoms with E-state index >= 15 is 0 Å². The summed E-state index contributed by atoms with van der Waals surface area (Å²) >= 11 is 1.70. The second-order valence-electron chi connectivity index (χ2n) is 3.79. The van der Waals surface area contributed by atoms with Crippen molar-refractivity contribution >= 4 is 23.5 Å². The van der Waals surface area contributed by atoms with Crippen LogP contribution in [0.25, 0.3) is 0 Å². The molecule has 0 aliphatic rings. The Morgan fingerprint density at radius 3 is 2.94 bits per heavy atom. The van der Waals surface area contributed by atoms with E-state index in [1.807, 2.05) is 37.4 Å². The van der Waals surface area contributed by atoms with Crippen LogP contribution in [-0.2, 0) is 0 Å². The van der Waals surface area contributed by atoms with Gasteiger partial charge in [0.2, 0.25) is 0 Å². The number of benzene rings is 1. The molecule has 17 heavy (non-hydrogen) atoms. The third-order valence-electron chi connectivity index (χ3n) is 2.26. The zero-order valence-corrected chi connectivity index (χ0v) is 11.0. The number of urea groups is 1. The first kappa shape index (κ1) is 13.9. The molecular formula is C12H19N3OS. The summed E-state index contributed by atoms with van der Waals surface area (Å²) in [4.78, 5) is 11.5. The van der Waals surface area contributed by atoms with Crippen LogP contribution in [0.15, 0.2) is 24.3 Å². The maximum atomic E-state index is 11.5. The smallest absolute Gasteiger partial charge is 0.319 e. The van der Waals surface area contributed by atoms with E-state index < -0.39 is 0 Å². The number of amides is 2. The molecule has 0 saturated heterocycles. The van der Waals surface area contributed by atoms with E-state index in [1.54, 1.807) is 11.8 Å². The van der Waals surface area contributed by atoms with Crippen LogP contribution in [0.4, 0.5) is 10.5 Å². The lowest BCUT2D eigenvalue weighted by Crippen LogP contribution is -2.30. The Labute approximate surface area is 106 Å². The highest BCUT2D eigenvalue weighted by molar-refractivity contribution is 7.98. The van der Waals surface area contributed by atoms with Crippen molar-refractivity contribution in [2.45, 2.75) is 13.0 Å². The Hall–Kier alpha value is -1.20. The predicted molar refractivity (Wildman–Crippen MR) is 74.4 cm³/mol. The van der Waals surface area contributed by atoms with Gasteiger partial charge in [0.15, 0.2) is 0 Å². The van der Waals surface area contributed by atoms with Crippen LogP contribution in [0.2, 0.25) is 0 Å². The number of hydrogen-bond acceptors (Lipinski definition) is 3. The number of carbonyl (C=O) groups is 1. The van der Waals surface area contributed by atoms with Crippen molar-refractivity contribution in [3.63, 3.8) is 0 Å². The summed E-state index contributed by atoms with van der Waals surface area (Å²) in [5.74, 6) is 0.910. The molecule has 4 N–H and O–H groups in total. The van der Waals surface area contributed by atoms with Crippen molar-refractivity contribution < 1.29 is 4.79 Å². The number of hydrogen-bond donors (Lipinski definition) is 3. The molecule has 0 aliphatic carbocycles. The average molecular weight is 253 g/mol. The molecule has 0 radical (unpaired) electrons. The van der Waals surface area contributed by atoms with Crippen LogP contribution in [-0.4, -0.2) is 24.6 Å². The number of thioether (sulfide) groups is 1. The standard InChI is InChI=1S/C12H19N3OS/c1-9(13)10-4-3-5-11(8-10)15-12(16)14-6-7-17-2/h3-5,8-9H,6-7,13H2,1-2H3,(H2,14,15,16). The minimum atomic E-state index is -0.180. The van der Waals surface area contributed by atoms with E-state index in [0.29, 0.717) is 6.54 Å². The molecule has 2 amide bonds. The lowest BCUT2D eigenvalue weighted by molar-refractivity contribution is 0.252. The Balaban J connectivity index is 2.50. The zero-order valence-electron chi connectivity index (χ0n) is 10.2. The lowest BCUT2D eigenvalue weighted by Gasteiger charge is -2.10. The first-order valence-corrected chi connectivity index (χ1v) is 6.92. The van der Waals surface area contributed by atoms with Gasteiger partial charge in [-0.1, -0.05) is 12.1 Å². The molecule has 1 aromatic rings. The van der Waals surface area contributed by atoms with E-state index in [4.69, 9.17) is 5.73 Å². The summed E-state index contributed by atoms with van der Waals surface area (Å²) in [6.45, 7) is 2.58. The molecule has 0 heterocycles. The maximum Gasteiger partial charge on any atom is 0.319 e. The Morgan fingerprint density at radius 2 is 2.29 bits per heavy atom. The van der Waals surface area contributed by atoms with Crippen molar-refractivity contribution in [3.8, 4) is 0 Å². The fraction of sp³-hybridized carbons (Fsp3) is 0.417. The maximum absolute atomic E-state index is 11.5. The van der Waals surface area contributed by atoms with E-state index in [9.17, 15) is 4.79 Å². The molecule has 94 valence electrons. The van der Waals surface area contributed by atoms with Crippen molar-refractivity contribution in [1.82, 2.24) is 5.32 Å². The van der Waals surface area contributed by atoms with Crippen LogP contribution < -0.4 is 16.4 Å². The highest BCUT2D eigenvalue weighted by atomic mass is 32.2. The first-order valence-electron chi connectivity index (χ1n) is 5.53. The van der Waals surface area contributed by atoms with Gasteiger partial charge >= 0.3 is 6.03 Å². The summed E-state index contributed by atoms with van der Waals surface area (Å²) in [6, 6.07) is 7.36. The van der Waals surface area contributed by atoms with Crippen LogP contribution in [0.3, 0.4) is 0 Å². The number of nitrogens with one attached hydrogen (secondary N) is 2. The van der Waals surface area contributed by atoms with E-state index in [0.717, 1.165) is 17.0 Å². The molecule has 0 bridgehead atoms. The van der Waals surface area contributed by atoms with E-state index in [1.165, 1.54) is 0 Å². The Kier molecular flexibility index (Phi) is 5.86. The summed E-state index contributed by atoms with van der Waals surface area (Å²) in [5, 5.41) is 5.56. The van der Waals surface area contributed by atoms with Gasteiger partial charge in [-0.25, -0.2) is 4.79 Å². The monoisotopic (exact) mass is 253 g/mol. The molecule has 0 spiro atoms. The lowest BCUT2D eigenvalue weighted by atomic mass is 10.1. The third-order valence-corrected chi connectivity index (χ3v) is 2.87. The number of anilines is 1. The van der Waals surface area contributed by atoms with Gasteiger partial charge in [-0.05, 0) is 30.9 Å². The van der Waals surface area contributed by atoms with Gasteiger partial charge in [0.25, 0.3) is 0 Å². The molecular weight excluding hydrogens is 234 g/mol. The normalized spacial score (nSPS) is 11.9. The minimum Gasteiger partial charge on any atom is -0.337 e. The molecule has 4 nitrogen and oxygen atoms in total. The van der Waals surface area contributed by atoms with Crippen LogP contribution in [0.5, 0.6) is 0 Å². The molecule has 1 aromatic carbocycles. The van der Waals surface area contributed by atoms with Gasteiger partial charge in [-0.3, -0.25) is 0 Å². The number of carbonyl (C=O) groups excluding carboxylic acids is 1.